The molecule has 1 aromatic carbocycles. The van der Waals surface area contributed by atoms with Crippen LogP contribution in [0.2, 0.25) is 0 Å². The van der Waals surface area contributed by atoms with E-state index >= 15 is 0 Å². The first-order chi connectivity index (χ1) is 14.4. The van der Waals surface area contributed by atoms with Crippen LogP contribution in [0.25, 0.3) is 10.6 Å². The SMILES string of the molecule is COc1ccc(-c2nc(C(=O)N3CCN(CC(=O)NC(C)C)CC3)cs2)cc1OC. The number of nitrogens with zero attached hydrogens (tertiary/aromatic N) is 3. The third-order valence-corrected chi connectivity index (χ3v) is 5.72. The molecule has 1 aromatic heterocycles. The van der Waals surface area contributed by atoms with Gasteiger partial charge in [-0.25, -0.2) is 4.98 Å². The first-order valence-corrected chi connectivity index (χ1v) is 10.8. The van der Waals surface area contributed by atoms with Crippen LogP contribution in [0.15, 0.2) is 23.6 Å². The molecule has 2 heterocycles. The molecule has 0 saturated carbocycles. The Morgan fingerprint density at radius 2 is 1.83 bits per heavy atom. The molecule has 8 nitrogen and oxygen atoms in total. The highest BCUT2D eigenvalue weighted by Crippen LogP contribution is 2.33. The Kier molecular flexibility index (Phi) is 7.28. The van der Waals surface area contributed by atoms with Crippen LogP contribution in [0.1, 0.15) is 24.3 Å². The van der Waals surface area contributed by atoms with E-state index in [4.69, 9.17) is 9.47 Å². The number of nitrogens with one attached hydrogen (secondary N) is 1. The number of benzene rings is 1. The summed E-state index contributed by atoms with van der Waals surface area (Å²) in [6.45, 7) is 6.75. The largest absolute Gasteiger partial charge is 0.493 e. The van der Waals surface area contributed by atoms with E-state index in [-0.39, 0.29) is 17.9 Å². The molecule has 162 valence electrons. The lowest BCUT2D eigenvalue weighted by Crippen LogP contribution is -2.51. The van der Waals surface area contributed by atoms with Crippen LogP contribution in [0, 0.1) is 0 Å². The third kappa shape index (κ3) is 5.28. The van der Waals surface area contributed by atoms with Gasteiger partial charge in [-0.05, 0) is 32.0 Å². The lowest BCUT2D eigenvalue weighted by molar-refractivity contribution is -0.123. The van der Waals surface area contributed by atoms with E-state index < -0.39 is 0 Å². The van der Waals surface area contributed by atoms with Crippen molar-refractivity contribution in [3.8, 4) is 22.1 Å². The van der Waals surface area contributed by atoms with Crippen LogP contribution in [-0.4, -0.2) is 79.6 Å². The van der Waals surface area contributed by atoms with Crippen molar-refractivity contribution in [2.45, 2.75) is 19.9 Å². The minimum atomic E-state index is -0.0794. The van der Waals surface area contributed by atoms with Gasteiger partial charge in [0.2, 0.25) is 5.91 Å². The molecule has 9 heteroatoms. The molecule has 2 amide bonds. The maximum Gasteiger partial charge on any atom is 0.273 e. The molecule has 0 spiro atoms. The molecule has 1 aliphatic rings. The molecule has 1 saturated heterocycles. The first-order valence-electron chi connectivity index (χ1n) is 9.90. The lowest BCUT2D eigenvalue weighted by atomic mass is 10.2. The average Bonchev–Trinajstić information content (AvgIpc) is 3.23. The monoisotopic (exact) mass is 432 g/mol. The normalized spacial score (nSPS) is 14.6. The smallest absolute Gasteiger partial charge is 0.273 e. The number of methoxy groups -OCH3 is 2. The Morgan fingerprint density at radius 3 is 2.47 bits per heavy atom. The van der Waals surface area contributed by atoms with E-state index in [9.17, 15) is 9.59 Å². The van der Waals surface area contributed by atoms with Crippen molar-refractivity contribution in [2.75, 3.05) is 46.9 Å². The van der Waals surface area contributed by atoms with Crippen molar-refractivity contribution in [3.05, 3.63) is 29.3 Å². The van der Waals surface area contributed by atoms with Gasteiger partial charge in [-0.1, -0.05) is 0 Å². The van der Waals surface area contributed by atoms with Gasteiger partial charge in [0.15, 0.2) is 11.5 Å². The number of ether oxygens (including phenoxy) is 2. The van der Waals surface area contributed by atoms with E-state index in [2.05, 4.69) is 15.2 Å². The highest BCUT2D eigenvalue weighted by atomic mass is 32.1. The molecule has 3 rings (SSSR count). The van der Waals surface area contributed by atoms with Crippen LogP contribution < -0.4 is 14.8 Å². The van der Waals surface area contributed by atoms with Crippen LogP contribution >= 0.6 is 11.3 Å². The molecule has 0 aliphatic carbocycles. The topological polar surface area (TPSA) is 84.0 Å². The summed E-state index contributed by atoms with van der Waals surface area (Å²) in [5, 5.41) is 5.44. The van der Waals surface area contributed by atoms with E-state index in [1.165, 1.54) is 11.3 Å². The maximum atomic E-state index is 12.9. The molecule has 0 radical (unpaired) electrons. The van der Waals surface area contributed by atoms with Crippen molar-refractivity contribution in [3.63, 3.8) is 0 Å². The second kappa shape index (κ2) is 9.90. The number of carbonyl (C=O) groups excluding carboxylic acids is 2. The van der Waals surface area contributed by atoms with E-state index in [0.717, 1.165) is 10.6 Å². The lowest BCUT2D eigenvalue weighted by Gasteiger charge is -2.34. The van der Waals surface area contributed by atoms with Gasteiger partial charge in [-0.3, -0.25) is 14.5 Å². The summed E-state index contributed by atoms with van der Waals surface area (Å²) in [5.74, 6) is 1.21. The molecule has 1 N–H and O–H groups in total. The minimum absolute atomic E-state index is 0.0174. The van der Waals surface area contributed by atoms with Crippen LogP contribution in [0.3, 0.4) is 0 Å². The highest BCUT2D eigenvalue weighted by molar-refractivity contribution is 7.13. The predicted molar refractivity (Wildman–Crippen MR) is 116 cm³/mol. The zero-order valence-corrected chi connectivity index (χ0v) is 18.6. The van der Waals surface area contributed by atoms with Crippen molar-refractivity contribution in [1.29, 1.82) is 0 Å². The van der Waals surface area contributed by atoms with Crippen LogP contribution in [-0.2, 0) is 4.79 Å². The van der Waals surface area contributed by atoms with Gasteiger partial charge >= 0.3 is 0 Å². The number of hydrogen-bond donors (Lipinski definition) is 1. The molecule has 2 aromatic rings. The average molecular weight is 433 g/mol. The molecule has 0 atom stereocenters. The van der Waals surface area contributed by atoms with Gasteiger partial charge in [-0.2, -0.15) is 0 Å². The molecule has 0 unspecified atom stereocenters. The summed E-state index contributed by atoms with van der Waals surface area (Å²) in [6.07, 6.45) is 0. The zero-order valence-electron chi connectivity index (χ0n) is 17.8. The van der Waals surface area contributed by atoms with Crippen LogP contribution in [0.4, 0.5) is 0 Å². The van der Waals surface area contributed by atoms with E-state index in [0.29, 0.717) is 49.9 Å². The fraction of sp³-hybridized carbons (Fsp3) is 0.476. The Hall–Kier alpha value is -2.65. The van der Waals surface area contributed by atoms with Gasteiger partial charge in [0, 0.05) is 43.2 Å². The third-order valence-electron chi connectivity index (χ3n) is 4.83. The Labute approximate surface area is 180 Å². The Morgan fingerprint density at radius 1 is 1.13 bits per heavy atom. The van der Waals surface area contributed by atoms with Gasteiger partial charge in [0.25, 0.3) is 5.91 Å². The summed E-state index contributed by atoms with van der Waals surface area (Å²) >= 11 is 1.42. The van der Waals surface area contributed by atoms with Crippen molar-refractivity contribution >= 4 is 23.2 Å². The highest BCUT2D eigenvalue weighted by Gasteiger charge is 2.25. The Bertz CT molecular complexity index is 891. The fourth-order valence-corrected chi connectivity index (χ4v) is 4.11. The molecule has 0 bridgehead atoms. The summed E-state index contributed by atoms with van der Waals surface area (Å²) in [5.41, 5.74) is 1.31. The van der Waals surface area contributed by atoms with E-state index in [1.54, 1.807) is 24.5 Å². The van der Waals surface area contributed by atoms with Crippen molar-refractivity contribution in [1.82, 2.24) is 20.1 Å². The maximum absolute atomic E-state index is 12.9. The number of carbonyl (C=O) groups is 2. The van der Waals surface area contributed by atoms with E-state index in [1.807, 2.05) is 32.0 Å². The Balaban J connectivity index is 1.60. The van der Waals surface area contributed by atoms with Crippen molar-refractivity contribution in [2.24, 2.45) is 0 Å². The van der Waals surface area contributed by atoms with Crippen molar-refractivity contribution < 1.29 is 19.1 Å². The molecular weight excluding hydrogens is 404 g/mol. The van der Waals surface area contributed by atoms with Crippen LogP contribution in [0.5, 0.6) is 11.5 Å². The standard InChI is InChI=1S/C21H28N4O4S/c1-14(2)22-19(26)12-24-7-9-25(10-8-24)21(27)16-13-30-20(23-16)15-5-6-17(28-3)18(11-15)29-4/h5-6,11,13-14H,7-10,12H2,1-4H3,(H,22,26). The minimum Gasteiger partial charge on any atom is -0.493 e. The fourth-order valence-electron chi connectivity index (χ4n) is 3.32. The molecular formula is C21H28N4O4S. The second-order valence-electron chi connectivity index (χ2n) is 7.40. The summed E-state index contributed by atoms with van der Waals surface area (Å²) < 4.78 is 10.6. The van der Waals surface area contributed by atoms with Gasteiger partial charge < -0.3 is 19.7 Å². The molecule has 1 fully saturated rings. The molecule has 30 heavy (non-hydrogen) atoms. The number of amides is 2. The first kappa shape index (κ1) is 22.0. The summed E-state index contributed by atoms with van der Waals surface area (Å²) in [4.78, 5) is 33.2. The van der Waals surface area contributed by atoms with Gasteiger partial charge in [-0.15, -0.1) is 11.3 Å². The number of thiazole rings is 1. The van der Waals surface area contributed by atoms with Gasteiger partial charge in [0.05, 0.1) is 20.8 Å². The summed E-state index contributed by atoms with van der Waals surface area (Å²) in [7, 11) is 3.18. The zero-order chi connectivity index (χ0) is 21.7. The molecule has 1 aliphatic heterocycles. The quantitative estimate of drug-likeness (QED) is 0.722. The summed E-state index contributed by atoms with van der Waals surface area (Å²) in [6, 6.07) is 5.71. The number of rotatable bonds is 7. The number of piperazine rings is 1. The van der Waals surface area contributed by atoms with Gasteiger partial charge in [0.1, 0.15) is 10.7 Å². The predicted octanol–water partition coefficient (Wildman–Crippen LogP) is 2.11. The number of aromatic nitrogens is 1. The number of hydrogen-bond acceptors (Lipinski definition) is 7. The second-order valence-corrected chi connectivity index (χ2v) is 8.26.